The van der Waals surface area contributed by atoms with Gasteiger partial charge >= 0.3 is 0 Å². The van der Waals surface area contributed by atoms with Gasteiger partial charge in [0.2, 0.25) is 5.91 Å². The van der Waals surface area contributed by atoms with Crippen molar-refractivity contribution in [1.82, 2.24) is 20.0 Å². The van der Waals surface area contributed by atoms with Crippen molar-refractivity contribution in [3.8, 4) is 0 Å². The molecule has 0 unspecified atom stereocenters. The molecule has 0 atom stereocenters. The molecule has 7 heteroatoms. The van der Waals surface area contributed by atoms with Crippen molar-refractivity contribution in [3.63, 3.8) is 0 Å². The van der Waals surface area contributed by atoms with Crippen molar-refractivity contribution in [2.75, 3.05) is 51.6 Å². The molecule has 1 aliphatic carbocycles. The Bertz CT molecular complexity index is 736. The third kappa shape index (κ3) is 6.02. The van der Waals surface area contributed by atoms with Crippen LogP contribution in [0.15, 0.2) is 29.2 Å². The van der Waals surface area contributed by atoms with Crippen LogP contribution in [-0.4, -0.2) is 90.2 Å². The summed E-state index contributed by atoms with van der Waals surface area (Å²) in [5.74, 6) is 1.30. The van der Waals surface area contributed by atoms with Gasteiger partial charge in [-0.3, -0.25) is 19.4 Å². The zero-order chi connectivity index (χ0) is 21.6. The lowest BCUT2D eigenvalue weighted by Gasteiger charge is -2.43. The standard InChI is InChI=1S/C24H36N4O2S/c1-2-31-22-8-6-19(7-9-22)24(30)25-20-10-12-26(13-11-20)18-23(29)28-16-14-27(15-17-28)21-4-3-5-21/h6-9,20-21H,2-5,10-18H2,1H3,(H,25,30). The number of rotatable bonds is 7. The predicted molar refractivity (Wildman–Crippen MR) is 126 cm³/mol. The summed E-state index contributed by atoms with van der Waals surface area (Å²) in [7, 11) is 0. The zero-order valence-corrected chi connectivity index (χ0v) is 19.5. The lowest BCUT2D eigenvalue weighted by Crippen LogP contribution is -2.55. The topological polar surface area (TPSA) is 55.9 Å². The zero-order valence-electron chi connectivity index (χ0n) is 18.7. The summed E-state index contributed by atoms with van der Waals surface area (Å²) in [5.41, 5.74) is 0.721. The highest BCUT2D eigenvalue weighted by atomic mass is 32.2. The van der Waals surface area contributed by atoms with E-state index in [0.717, 1.165) is 69.5 Å². The van der Waals surface area contributed by atoms with Gasteiger partial charge in [0.05, 0.1) is 6.54 Å². The minimum atomic E-state index is 0.00640. The minimum absolute atomic E-state index is 0.00640. The van der Waals surface area contributed by atoms with Crippen LogP contribution in [0, 0.1) is 0 Å². The summed E-state index contributed by atoms with van der Waals surface area (Å²) < 4.78 is 0. The quantitative estimate of drug-likeness (QED) is 0.656. The number of carbonyl (C=O) groups is 2. The second kappa shape index (κ2) is 10.8. The fraction of sp³-hybridized carbons (Fsp3) is 0.667. The third-order valence-corrected chi connectivity index (χ3v) is 7.86. The number of thioether (sulfide) groups is 1. The SMILES string of the molecule is CCSc1ccc(C(=O)NC2CCN(CC(=O)N3CCN(C4CCC4)CC3)CC2)cc1. The number of carbonyl (C=O) groups excluding carboxylic acids is 2. The minimum Gasteiger partial charge on any atom is -0.349 e. The van der Waals surface area contributed by atoms with Gasteiger partial charge in [-0.2, -0.15) is 0 Å². The summed E-state index contributed by atoms with van der Waals surface area (Å²) in [4.78, 5) is 33.3. The monoisotopic (exact) mass is 444 g/mol. The van der Waals surface area contributed by atoms with E-state index in [-0.39, 0.29) is 17.9 Å². The van der Waals surface area contributed by atoms with Gasteiger partial charge in [0, 0.05) is 61.8 Å². The Hall–Kier alpha value is -1.57. The number of nitrogens with zero attached hydrogens (tertiary/aromatic N) is 3. The Kier molecular flexibility index (Phi) is 7.91. The van der Waals surface area contributed by atoms with Crippen LogP contribution in [0.5, 0.6) is 0 Å². The number of piperazine rings is 1. The van der Waals surface area contributed by atoms with Crippen molar-refractivity contribution in [3.05, 3.63) is 29.8 Å². The molecule has 0 aromatic heterocycles. The highest BCUT2D eigenvalue weighted by Crippen LogP contribution is 2.25. The summed E-state index contributed by atoms with van der Waals surface area (Å²) in [6, 6.07) is 8.82. The maximum atomic E-state index is 12.7. The highest BCUT2D eigenvalue weighted by Gasteiger charge is 2.30. The summed E-state index contributed by atoms with van der Waals surface area (Å²) >= 11 is 1.78. The highest BCUT2D eigenvalue weighted by molar-refractivity contribution is 7.99. The van der Waals surface area contributed by atoms with Gasteiger partial charge in [0.15, 0.2) is 0 Å². The number of amides is 2. The van der Waals surface area contributed by atoms with Gasteiger partial charge in [-0.15, -0.1) is 11.8 Å². The van der Waals surface area contributed by atoms with Gasteiger partial charge in [-0.05, 0) is 55.7 Å². The van der Waals surface area contributed by atoms with E-state index >= 15 is 0 Å². The molecule has 2 saturated heterocycles. The van der Waals surface area contributed by atoms with Crippen molar-refractivity contribution in [2.45, 2.75) is 56.0 Å². The normalized spacial score (nSPS) is 21.6. The van der Waals surface area contributed by atoms with E-state index in [1.807, 2.05) is 29.2 Å². The van der Waals surface area contributed by atoms with Crippen molar-refractivity contribution >= 4 is 23.6 Å². The lowest BCUT2D eigenvalue weighted by molar-refractivity contribution is -0.135. The Morgan fingerprint density at radius 2 is 1.65 bits per heavy atom. The first-order valence-corrected chi connectivity index (χ1v) is 12.9. The molecule has 2 heterocycles. The Morgan fingerprint density at radius 3 is 2.23 bits per heavy atom. The van der Waals surface area contributed by atoms with Gasteiger partial charge < -0.3 is 10.2 Å². The van der Waals surface area contributed by atoms with Crippen molar-refractivity contribution in [1.29, 1.82) is 0 Å². The molecule has 4 rings (SSSR count). The van der Waals surface area contributed by atoms with Crippen molar-refractivity contribution in [2.24, 2.45) is 0 Å². The van der Waals surface area contributed by atoms with Crippen LogP contribution in [0.1, 0.15) is 49.4 Å². The molecule has 31 heavy (non-hydrogen) atoms. The number of benzene rings is 1. The van der Waals surface area contributed by atoms with Crippen molar-refractivity contribution < 1.29 is 9.59 Å². The fourth-order valence-electron chi connectivity index (χ4n) is 4.75. The first-order valence-electron chi connectivity index (χ1n) is 11.9. The molecule has 0 radical (unpaired) electrons. The molecule has 1 saturated carbocycles. The molecular formula is C24H36N4O2S. The van der Waals surface area contributed by atoms with Crippen LogP contribution >= 0.6 is 11.8 Å². The van der Waals surface area contributed by atoms with Gasteiger partial charge in [-0.25, -0.2) is 0 Å². The smallest absolute Gasteiger partial charge is 0.251 e. The molecule has 6 nitrogen and oxygen atoms in total. The molecule has 1 aromatic carbocycles. The molecule has 2 aliphatic heterocycles. The molecule has 0 bridgehead atoms. The summed E-state index contributed by atoms with van der Waals surface area (Å²) in [5, 5.41) is 3.18. The van der Waals surface area contributed by atoms with E-state index in [1.165, 1.54) is 24.2 Å². The molecule has 1 N–H and O–H groups in total. The summed E-state index contributed by atoms with van der Waals surface area (Å²) in [6.07, 6.45) is 5.84. The van der Waals surface area contributed by atoms with E-state index in [1.54, 1.807) is 11.8 Å². The molecule has 3 fully saturated rings. The molecule has 3 aliphatic rings. The van der Waals surface area contributed by atoms with Gasteiger partial charge in [0.25, 0.3) is 5.91 Å². The first-order chi connectivity index (χ1) is 15.1. The number of likely N-dealkylation sites (tertiary alicyclic amines) is 1. The second-order valence-corrected chi connectivity index (χ2v) is 10.3. The van der Waals surface area contributed by atoms with E-state index in [4.69, 9.17) is 0 Å². The molecule has 0 spiro atoms. The van der Waals surface area contributed by atoms with E-state index < -0.39 is 0 Å². The molecule has 1 aromatic rings. The fourth-order valence-corrected chi connectivity index (χ4v) is 5.41. The van der Waals surface area contributed by atoms with E-state index in [2.05, 4.69) is 22.0 Å². The van der Waals surface area contributed by atoms with Crippen LogP contribution < -0.4 is 5.32 Å². The van der Waals surface area contributed by atoms with Crippen LogP contribution in [0.4, 0.5) is 0 Å². The van der Waals surface area contributed by atoms with E-state index in [0.29, 0.717) is 6.54 Å². The van der Waals surface area contributed by atoms with Gasteiger partial charge in [0.1, 0.15) is 0 Å². The lowest BCUT2D eigenvalue weighted by atomic mass is 9.91. The average Bonchev–Trinajstić information content (AvgIpc) is 2.75. The molecular weight excluding hydrogens is 408 g/mol. The number of hydrogen-bond acceptors (Lipinski definition) is 5. The second-order valence-electron chi connectivity index (χ2n) is 8.98. The third-order valence-electron chi connectivity index (χ3n) is 6.97. The summed E-state index contributed by atoms with van der Waals surface area (Å²) in [6.45, 7) is 8.18. The van der Waals surface area contributed by atoms with Crippen LogP contribution in [0.25, 0.3) is 0 Å². The Labute approximate surface area is 190 Å². The Balaban J connectivity index is 1.16. The maximum absolute atomic E-state index is 12.7. The first kappa shape index (κ1) is 22.6. The molecule has 2 amide bonds. The van der Waals surface area contributed by atoms with Crippen LogP contribution in [0.3, 0.4) is 0 Å². The van der Waals surface area contributed by atoms with Crippen LogP contribution in [-0.2, 0) is 4.79 Å². The largest absolute Gasteiger partial charge is 0.349 e. The number of piperidine rings is 1. The number of nitrogens with one attached hydrogen (secondary N) is 1. The average molecular weight is 445 g/mol. The Morgan fingerprint density at radius 1 is 0.968 bits per heavy atom. The predicted octanol–water partition coefficient (Wildman–Crippen LogP) is 2.69. The number of hydrogen-bond donors (Lipinski definition) is 1. The molecule has 170 valence electrons. The maximum Gasteiger partial charge on any atom is 0.251 e. The van der Waals surface area contributed by atoms with Crippen LogP contribution in [0.2, 0.25) is 0 Å². The van der Waals surface area contributed by atoms with E-state index in [9.17, 15) is 9.59 Å². The van der Waals surface area contributed by atoms with Gasteiger partial charge in [-0.1, -0.05) is 13.3 Å².